The first-order valence-electron chi connectivity index (χ1n) is 2.95. The van der Waals surface area contributed by atoms with Gasteiger partial charge in [0.2, 0.25) is 0 Å². The highest BCUT2D eigenvalue weighted by Gasteiger charge is 2.02. The van der Waals surface area contributed by atoms with Crippen LogP contribution in [0.1, 0.15) is 6.92 Å². The first kappa shape index (κ1) is 8.75. The van der Waals surface area contributed by atoms with Crippen molar-refractivity contribution in [3.05, 3.63) is 25.1 Å². The SMILES string of the molecule is C=CNC(=O)C(=C)OCC. The molecular formula is C7H11NO2. The molecule has 3 nitrogen and oxygen atoms in total. The Morgan fingerprint density at radius 1 is 1.80 bits per heavy atom. The number of rotatable bonds is 4. The van der Waals surface area contributed by atoms with Gasteiger partial charge in [-0.25, -0.2) is 0 Å². The number of carbonyl (C=O) groups is 1. The van der Waals surface area contributed by atoms with E-state index in [9.17, 15) is 4.79 Å². The number of carbonyl (C=O) groups excluding carboxylic acids is 1. The van der Waals surface area contributed by atoms with E-state index in [0.717, 1.165) is 0 Å². The summed E-state index contributed by atoms with van der Waals surface area (Å²) in [5.41, 5.74) is 0. The van der Waals surface area contributed by atoms with E-state index < -0.39 is 0 Å². The molecule has 1 N–H and O–H groups in total. The molecule has 0 radical (unpaired) electrons. The van der Waals surface area contributed by atoms with Gasteiger partial charge in [0.05, 0.1) is 6.61 Å². The Morgan fingerprint density at radius 2 is 2.40 bits per heavy atom. The molecule has 0 aromatic rings. The summed E-state index contributed by atoms with van der Waals surface area (Å²) in [6, 6.07) is 0. The van der Waals surface area contributed by atoms with Gasteiger partial charge in [0, 0.05) is 0 Å². The predicted octanol–water partition coefficient (Wildman–Crippen LogP) is 0.796. The third-order valence-electron chi connectivity index (χ3n) is 0.805. The summed E-state index contributed by atoms with van der Waals surface area (Å²) in [6.45, 7) is 8.93. The fourth-order valence-corrected chi connectivity index (χ4v) is 0.413. The maximum absolute atomic E-state index is 10.7. The molecule has 0 aliphatic heterocycles. The van der Waals surface area contributed by atoms with Crippen LogP contribution in [0.2, 0.25) is 0 Å². The van der Waals surface area contributed by atoms with Gasteiger partial charge in [-0.15, -0.1) is 0 Å². The van der Waals surface area contributed by atoms with Crippen LogP contribution in [0.15, 0.2) is 25.1 Å². The summed E-state index contributed by atoms with van der Waals surface area (Å²) < 4.78 is 4.80. The summed E-state index contributed by atoms with van der Waals surface area (Å²) in [4.78, 5) is 10.7. The van der Waals surface area contributed by atoms with Crippen molar-refractivity contribution in [1.29, 1.82) is 0 Å². The van der Waals surface area contributed by atoms with Crippen LogP contribution in [-0.2, 0) is 9.53 Å². The largest absolute Gasteiger partial charge is 0.489 e. The van der Waals surface area contributed by atoms with E-state index in [-0.39, 0.29) is 11.7 Å². The van der Waals surface area contributed by atoms with E-state index in [1.54, 1.807) is 6.92 Å². The second-order valence-electron chi connectivity index (χ2n) is 1.53. The lowest BCUT2D eigenvalue weighted by Gasteiger charge is -2.03. The summed E-state index contributed by atoms with van der Waals surface area (Å²) in [5, 5.41) is 2.33. The highest BCUT2D eigenvalue weighted by Crippen LogP contribution is 1.91. The maximum atomic E-state index is 10.7. The average molecular weight is 141 g/mol. The van der Waals surface area contributed by atoms with Crippen LogP contribution < -0.4 is 5.32 Å². The zero-order valence-corrected chi connectivity index (χ0v) is 6.02. The van der Waals surface area contributed by atoms with Crippen molar-refractivity contribution >= 4 is 5.91 Å². The maximum Gasteiger partial charge on any atom is 0.289 e. The minimum Gasteiger partial charge on any atom is -0.489 e. The lowest BCUT2D eigenvalue weighted by molar-refractivity contribution is -0.119. The van der Waals surface area contributed by atoms with E-state index in [0.29, 0.717) is 6.61 Å². The Balaban J connectivity index is 3.70. The van der Waals surface area contributed by atoms with E-state index in [4.69, 9.17) is 4.74 Å². The Kier molecular flexibility index (Phi) is 4.04. The molecule has 0 aromatic heterocycles. The summed E-state index contributed by atoms with van der Waals surface area (Å²) in [7, 11) is 0. The third kappa shape index (κ3) is 2.91. The van der Waals surface area contributed by atoms with E-state index in [1.165, 1.54) is 6.20 Å². The number of nitrogens with one attached hydrogen (secondary N) is 1. The van der Waals surface area contributed by atoms with Crippen molar-refractivity contribution in [2.45, 2.75) is 6.92 Å². The van der Waals surface area contributed by atoms with Crippen LogP contribution in [0.25, 0.3) is 0 Å². The molecular weight excluding hydrogens is 130 g/mol. The van der Waals surface area contributed by atoms with Crippen LogP contribution >= 0.6 is 0 Å². The highest BCUT2D eigenvalue weighted by molar-refractivity contribution is 5.91. The molecule has 10 heavy (non-hydrogen) atoms. The van der Waals surface area contributed by atoms with Crippen molar-refractivity contribution in [1.82, 2.24) is 5.32 Å². The minimum absolute atomic E-state index is 0.113. The number of ether oxygens (including phenoxy) is 1. The van der Waals surface area contributed by atoms with E-state index >= 15 is 0 Å². The molecule has 3 heteroatoms. The summed E-state index contributed by atoms with van der Waals surface area (Å²) >= 11 is 0. The topological polar surface area (TPSA) is 38.3 Å². The lowest BCUT2D eigenvalue weighted by atomic mass is 10.5. The minimum atomic E-state index is -0.350. The summed E-state index contributed by atoms with van der Waals surface area (Å²) in [5.74, 6) is -0.237. The van der Waals surface area contributed by atoms with Gasteiger partial charge in [-0.1, -0.05) is 13.2 Å². The van der Waals surface area contributed by atoms with Crippen molar-refractivity contribution in [3.63, 3.8) is 0 Å². The van der Waals surface area contributed by atoms with Gasteiger partial charge < -0.3 is 10.1 Å². The van der Waals surface area contributed by atoms with E-state index in [1.807, 2.05) is 0 Å². The Bertz CT molecular complexity index is 152. The molecule has 0 aliphatic rings. The molecule has 0 atom stereocenters. The van der Waals surface area contributed by atoms with E-state index in [2.05, 4.69) is 18.5 Å². The molecule has 0 aliphatic carbocycles. The van der Waals surface area contributed by atoms with Crippen molar-refractivity contribution < 1.29 is 9.53 Å². The van der Waals surface area contributed by atoms with Gasteiger partial charge in [-0.3, -0.25) is 4.79 Å². The molecule has 0 heterocycles. The second-order valence-corrected chi connectivity index (χ2v) is 1.53. The fourth-order valence-electron chi connectivity index (χ4n) is 0.413. The number of hydrogen-bond acceptors (Lipinski definition) is 2. The molecule has 0 saturated carbocycles. The number of hydrogen-bond donors (Lipinski definition) is 1. The van der Waals surface area contributed by atoms with Gasteiger partial charge in [0.15, 0.2) is 5.76 Å². The third-order valence-corrected chi connectivity index (χ3v) is 0.805. The zero-order chi connectivity index (χ0) is 7.98. The molecule has 0 aromatic carbocycles. The lowest BCUT2D eigenvalue weighted by Crippen LogP contribution is -2.19. The van der Waals surface area contributed by atoms with Crippen molar-refractivity contribution in [2.75, 3.05) is 6.61 Å². The molecule has 0 fully saturated rings. The van der Waals surface area contributed by atoms with Crippen LogP contribution in [0.4, 0.5) is 0 Å². The monoisotopic (exact) mass is 141 g/mol. The molecule has 0 unspecified atom stereocenters. The molecule has 0 spiro atoms. The van der Waals surface area contributed by atoms with Crippen LogP contribution in [-0.4, -0.2) is 12.5 Å². The van der Waals surface area contributed by atoms with Crippen LogP contribution in [0.3, 0.4) is 0 Å². The van der Waals surface area contributed by atoms with Crippen molar-refractivity contribution in [2.24, 2.45) is 0 Å². The van der Waals surface area contributed by atoms with Gasteiger partial charge in [-0.05, 0) is 13.1 Å². The van der Waals surface area contributed by atoms with Crippen molar-refractivity contribution in [3.8, 4) is 0 Å². The first-order valence-corrected chi connectivity index (χ1v) is 2.95. The van der Waals surface area contributed by atoms with Crippen LogP contribution in [0, 0.1) is 0 Å². The normalized spacial score (nSPS) is 8.10. The number of amides is 1. The Labute approximate surface area is 60.4 Å². The smallest absolute Gasteiger partial charge is 0.289 e. The quantitative estimate of drug-likeness (QED) is 0.464. The fraction of sp³-hybridized carbons (Fsp3) is 0.286. The molecule has 0 saturated heterocycles. The standard InChI is InChI=1S/C7H11NO2/c1-4-8-7(9)6(3)10-5-2/h4H,1,3,5H2,2H3,(H,8,9). The molecule has 0 bridgehead atoms. The molecule has 0 rings (SSSR count). The molecule has 1 amide bonds. The molecule has 56 valence electrons. The van der Waals surface area contributed by atoms with Gasteiger partial charge in [0.1, 0.15) is 0 Å². The average Bonchev–Trinajstić information content (AvgIpc) is 1.89. The zero-order valence-electron chi connectivity index (χ0n) is 6.02. The second kappa shape index (κ2) is 4.61. The first-order chi connectivity index (χ1) is 4.72. The Morgan fingerprint density at radius 3 is 2.80 bits per heavy atom. The van der Waals surface area contributed by atoms with Gasteiger partial charge in [0.25, 0.3) is 5.91 Å². The van der Waals surface area contributed by atoms with Crippen LogP contribution in [0.5, 0.6) is 0 Å². The predicted molar refractivity (Wildman–Crippen MR) is 39.1 cm³/mol. The Hall–Kier alpha value is -1.25. The summed E-state index contributed by atoms with van der Waals surface area (Å²) in [6.07, 6.45) is 1.28. The highest BCUT2D eigenvalue weighted by atomic mass is 16.5. The van der Waals surface area contributed by atoms with Gasteiger partial charge in [-0.2, -0.15) is 0 Å². The van der Waals surface area contributed by atoms with Gasteiger partial charge >= 0.3 is 0 Å².